The number of nitrogens with zero attached hydrogens (tertiary/aromatic N) is 3. The van der Waals surface area contributed by atoms with E-state index in [2.05, 4.69) is 10.4 Å². The van der Waals surface area contributed by atoms with Crippen LogP contribution in [-0.2, 0) is 27.9 Å². The number of hydrogen-bond donors (Lipinski definition) is 1. The highest BCUT2D eigenvalue weighted by atomic mass is 32.2. The molecule has 1 heterocycles. The summed E-state index contributed by atoms with van der Waals surface area (Å²) in [7, 11) is -2.13. The van der Waals surface area contributed by atoms with Crippen molar-refractivity contribution in [1.29, 1.82) is 0 Å². The fourth-order valence-electron chi connectivity index (χ4n) is 3.59. The molecule has 1 amide bonds. The summed E-state index contributed by atoms with van der Waals surface area (Å²) in [5, 5.41) is 7.44. The first-order chi connectivity index (χ1) is 16.3. The van der Waals surface area contributed by atoms with Crippen molar-refractivity contribution in [1.82, 2.24) is 14.1 Å². The number of nitrogens with one attached hydrogen (secondary N) is 1. The van der Waals surface area contributed by atoms with E-state index in [0.717, 1.165) is 5.56 Å². The second-order valence-electron chi connectivity index (χ2n) is 7.82. The van der Waals surface area contributed by atoms with Crippen molar-refractivity contribution in [3.8, 4) is 0 Å². The van der Waals surface area contributed by atoms with Gasteiger partial charge < -0.3 is 5.32 Å². The summed E-state index contributed by atoms with van der Waals surface area (Å²) in [6, 6.07) is 22.5. The van der Waals surface area contributed by atoms with Crippen molar-refractivity contribution >= 4 is 32.5 Å². The van der Waals surface area contributed by atoms with Crippen LogP contribution in [0.2, 0.25) is 0 Å². The average molecular weight is 477 g/mol. The molecule has 8 nitrogen and oxygen atoms in total. The molecule has 4 aromatic rings. The summed E-state index contributed by atoms with van der Waals surface area (Å²) in [6.07, 6.45) is 1.38. The zero-order chi connectivity index (χ0) is 24.1. The van der Waals surface area contributed by atoms with E-state index in [-0.39, 0.29) is 29.2 Å². The molecule has 0 unspecified atom stereocenters. The second-order valence-corrected chi connectivity index (χ2v) is 9.86. The lowest BCUT2D eigenvalue weighted by Crippen LogP contribution is -2.26. The molecule has 0 aliphatic carbocycles. The third-order valence-corrected chi connectivity index (χ3v) is 7.22. The van der Waals surface area contributed by atoms with Crippen molar-refractivity contribution in [2.75, 3.05) is 12.4 Å². The van der Waals surface area contributed by atoms with E-state index in [1.807, 2.05) is 36.4 Å². The van der Waals surface area contributed by atoms with Gasteiger partial charge in [-0.1, -0.05) is 42.5 Å². The molecule has 3 aromatic carbocycles. The number of hydrogen-bond acceptors (Lipinski definition) is 5. The van der Waals surface area contributed by atoms with Gasteiger partial charge in [0.2, 0.25) is 21.4 Å². The summed E-state index contributed by atoms with van der Waals surface area (Å²) in [5.74, 6) is -0.249. The zero-order valence-corrected chi connectivity index (χ0v) is 19.4. The molecule has 0 bridgehead atoms. The number of sulfonamides is 1. The van der Waals surface area contributed by atoms with Gasteiger partial charge in [0.25, 0.3) is 0 Å². The van der Waals surface area contributed by atoms with Crippen LogP contribution in [0, 0.1) is 0 Å². The number of carbonyl (C=O) groups is 1. The number of amides is 1. The maximum atomic E-state index is 12.9. The first-order valence-corrected chi connectivity index (χ1v) is 12.1. The second kappa shape index (κ2) is 9.98. The lowest BCUT2D eigenvalue weighted by molar-refractivity contribution is -0.116. The largest absolute Gasteiger partial charge is 0.326 e. The Morgan fingerprint density at radius 1 is 0.971 bits per heavy atom. The minimum absolute atomic E-state index is 0.139. The molecule has 0 saturated heterocycles. The van der Waals surface area contributed by atoms with Gasteiger partial charge in [-0.3, -0.25) is 14.3 Å². The van der Waals surface area contributed by atoms with Gasteiger partial charge in [0.05, 0.1) is 23.2 Å². The van der Waals surface area contributed by atoms with Crippen molar-refractivity contribution in [3.63, 3.8) is 0 Å². The molecule has 4 rings (SSSR count). The fraction of sp³-hybridized carbons (Fsp3) is 0.160. The molecule has 0 radical (unpaired) electrons. The minimum Gasteiger partial charge on any atom is -0.326 e. The molecule has 174 valence electrons. The van der Waals surface area contributed by atoms with E-state index in [4.69, 9.17) is 0 Å². The number of anilines is 1. The molecule has 0 fully saturated rings. The Kier molecular flexibility index (Phi) is 6.85. The Labute approximate surface area is 197 Å². The van der Waals surface area contributed by atoms with Gasteiger partial charge in [-0.05, 0) is 42.0 Å². The Morgan fingerprint density at radius 2 is 1.65 bits per heavy atom. The minimum atomic E-state index is -3.67. The van der Waals surface area contributed by atoms with Gasteiger partial charge >= 0.3 is 0 Å². The third-order valence-electron chi connectivity index (χ3n) is 5.41. The van der Waals surface area contributed by atoms with Crippen LogP contribution in [0.3, 0.4) is 0 Å². The van der Waals surface area contributed by atoms with Crippen molar-refractivity contribution in [3.05, 3.63) is 101 Å². The van der Waals surface area contributed by atoms with Gasteiger partial charge in [-0.15, -0.1) is 0 Å². The average Bonchev–Trinajstić information content (AvgIpc) is 2.85. The summed E-state index contributed by atoms with van der Waals surface area (Å²) in [4.78, 5) is 24.5. The number of carbonyl (C=O) groups excluding carboxylic acids is 1. The Morgan fingerprint density at radius 3 is 2.38 bits per heavy atom. The molecule has 0 aliphatic rings. The molecular formula is C25H24N4O4S. The quantitative estimate of drug-likeness (QED) is 0.421. The summed E-state index contributed by atoms with van der Waals surface area (Å²) >= 11 is 0. The SMILES string of the molecule is CN(Cc1ccccc1)S(=O)(=O)c1ccc(NC(=O)CCn2ncc(=O)c3ccccc32)cc1. The predicted molar refractivity (Wildman–Crippen MR) is 131 cm³/mol. The number of para-hydroxylation sites is 1. The highest BCUT2D eigenvalue weighted by molar-refractivity contribution is 7.89. The molecule has 0 atom stereocenters. The lowest BCUT2D eigenvalue weighted by Gasteiger charge is -2.17. The van der Waals surface area contributed by atoms with Crippen molar-refractivity contribution in [2.24, 2.45) is 0 Å². The van der Waals surface area contributed by atoms with Gasteiger partial charge in [0.15, 0.2) is 0 Å². The maximum Gasteiger partial charge on any atom is 0.243 e. The van der Waals surface area contributed by atoms with E-state index in [0.29, 0.717) is 23.1 Å². The Hall–Kier alpha value is -3.82. The number of rotatable bonds is 8. The normalized spacial score (nSPS) is 11.6. The number of fused-ring (bicyclic) bond motifs is 1. The van der Waals surface area contributed by atoms with Gasteiger partial charge in [0, 0.05) is 31.1 Å². The maximum absolute atomic E-state index is 12.9. The fourth-order valence-corrected chi connectivity index (χ4v) is 4.74. The number of aromatic nitrogens is 2. The van der Waals surface area contributed by atoms with E-state index in [1.165, 1.54) is 29.7 Å². The van der Waals surface area contributed by atoms with Crippen LogP contribution in [0.15, 0.2) is 94.7 Å². The van der Waals surface area contributed by atoms with E-state index >= 15 is 0 Å². The molecule has 9 heteroatoms. The van der Waals surface area contributed by atoms with Crippen LogP contribution in [-0.4, -0.2) is 35.5 Å². The standard InChI is InChI=1S/C25H24N4O4S/c1-28(18-19-7-3-2-4-8-19)34(32,33)21-13-11-20(12-14-21)27-25(31)15-16-29-23-10-6-5-9-22(23)24(30)17-26-29/h2-14,17H,15-16,18H2,1H3,(H,27,31). The van der Waals surface area contributed by atoms with E-state index < -0.39 is 10.0 Å². The van der Waals surface area contributed by atoms with Crippen LogP contribution in [0.25, 0.3) is 10.9 Å². The number of aryl methyl sites for hydroxylation is 1. The van der Waals surface area contributed by atoms with E-state index in [9.17, 15) is 18.0 Å². The first-order valence-electron chi connectivity index (χ1n) is 10.7. The highest BCUT2D eigenvalue weighted by Crippen LogP contribution is 2.19. The topological polar surface area (TPSA) is 101 Å². The molecular weight excluding hydrogens is 452 g/mol. The first kappa shape index (κ1) is 23.3. The predicted octanol–water partition coefficient (Wildman–Crippen LogP) is 3.25. The summed E-state index contributed by atoms with van der Waals surface area (Å²) < 4.78 is 28.6. The highest BCUT2D eigenvalue weighted by Gasteiger charge is 2.21. The van der Waals surface area contributed by atoms with Crippen LogP contribution >= 0.6 is 0 Å². The summed E-state index contributed by atoms with van der Waals surface area (Å²) in [6.45, 7) is 0.554. The monoisotopic (exact) mass is 476 g/mol. The van der Waals surface area contributed by atoms with E-state index in [1.54, 1.807) is 35.0 Å². The number of benzene rings is 3. The van der Waals surface area contributed by atoms with Crippen LogP contribution in [0.5, 0.6) is 0 Å². The van der Waals surface area contributed by atoms with Crippen LogP contribution < -0.4 is 10.7 Å². The lowest BCUT2D eigenvalue weighted by atomic mass is 10.2. The Balaban J connectivity index is 1.38. The van der Waals surface area contributed by atoms with Crippen LogP contribution in [0.1, 0.15) is 12.0 Å². The smallest absolute Gasteiger partial charge is 0.243 e. The van der Waals surface area contributed by atoms with Gasteiger partial charge in [0.1, 0.15) is 0 Å². The third kappa shape index (κ3) is 5.22. The molecule has 0 spiro atoms. The Bertz CT molecular complexity index is 1470. The molecule has 1 aromatic heterocycles. The molecule has 0 aliphatic heterocycles. The molecule has 34 heavy (non-hydrogen) atoms. The summed E-state index contributed by atoms with van der Waals surface area (Å²) in [5.41, 5.74) is 1.88. The van der Waals surface area contributed by atoms with Crippen molar-refractivity contribution < 1.29 is 13.2 Å². The van der Waals surface area contributed by atoms with Crippen molar-refractivity contribution in [2.45, 2.75) is 24.4 Å². The molecule has 1 N–H and O–H groups in total. The van der Waals surface area contributed by atoms with Gasteiger partial charge in [-0.2, -0.15) is 9.40 Å². The van der Waals surface area contributed by atoms with Gasteiger partial charge in [-0.25, -0.2) is 8.42 Å². The zero-order valence-electron chi connectivity index (χ0n) is 18.6. The molecule has 0 saturated carbocycles. The van der Waals surface area contributed by atoms with Crippen LogP contribution in [0.4, 0.5) is 5.69 Å².